The summed E-state index contributed by atoms with van der Waals surface area (Å²) in [6.45, 7) is 17.2. The molecule has 0 aromatic heterocycles. The topological polar surface area (TPSA) is 20.2 Å². The van der Waals surface area contributed by atoms with Gasteiger partial charge in [-0.05, 0) is 31.6 Å². The van der Waals surface area contributed by atoms with Crippen LogP contribution in [0.3, 0.4) is 0 Å². The van der Waals surface area contributed by atoms with E-state index in [4.69, 9.17) is 0 Å². The molecule has 0 atom stereocenters. The van der Waals surface area contributed by atoms with E-state index in [2.05, 4.69) is 41.5 Å². The molecule has 1 nitrogen and oxygen atoms in total. The molecule has 0 saturated heterocycles. The highest BCUT2D eigenvalue weighted by Crippen LogP contribution is 2.50. The smallest absolute Gasteiger partial charge is 0.0655 e. The zero-order valence-corrected chi connectivity index (χ0v) is 11.2. The van der Waals surface area contributed by atoms with Crippen molar-refractivity contribution in [2.75, 3.05) is 0 Å². The molecular formula is C13H28O. The van der Waals surface area contributed by atoms with Crippen LogP contribution >= 0.6 is 0 Å². The van der Waals surface area contributed by atoms with Crippen LogP contribution in [0.4, 0.5) is 0 Å². The molecule has 0 aliphatic rings. The van der Waals surface area contributed by atoms with Crippen LogP contribution in [0.25, 0.3) is 0 Å². The average molecular weight is 200 g/mol. The molecule has 0 amide bonds. The fraction of sp³-hybridized carbons (Fsp3) is 1.00. The van der Waals surface area contributed by atoms with E-state index in [9.17, 15) is 5.11 Å². The second-order valence-corrected chi connectivity index (χ2v) is 5.96. The Kier molecular flexibility index (Phi) is 4.21. The lowest BCUT2D eigenvalue weighted by Gasteiger charge is -2.53. The molecule has 86 valence electrons. The second-order valence-electron chi connectivity index (χ2n) is 5.96. The van der Waals surface area contributed by atoms with E-state index in [0.717, 1.165) is 0 Å². The minimum Gasteiger partial charge on any atom is -0.390 e. The Morgan fingerprint density at radius 2 is 0.929 bits per heavy atom. The van der Waals surface area contributed by atoms with E-state index in [-0.39, 0.29) is 5.41 Å². The fourth-order valence-electron chi connectivity index (χ4n) is 4.12. The Morgan fingerprint density at radius 1 is 0.714 bits per heavy atom. The number of rotatable bonds is 4. The van der Waals surface area contributed by atoms with Crippen molar-refractivity contribution >= 4 is 0 Å². The van der Waals surface area contributed by atoms with Gasteiger partial charge in [-0.2, -0.15) is 0 Å². The number of hydrogen-bond donors (Lipinski definition) is 1. The first kappa shape index (κ1) is 14.0. The van der Waals surface area contributed by atoms with Crippen LogP contribution in [0.15, 0.2) is 0 Å². The average Bonchev–Trinajstić information content (AvgIpc) is 1.79. The zero-order valence-electron chi connectivity index (χ0n) is 11.2. The second kappa shape index (κ2) is 4.22. The summed E-state index contributed by atoms with van der Waals surface area (Å²) in [5, 5.41) is 10.4. The Bertz CT molecular complexity index is 150. The van der Waals surface area contributed by atoms with Crippen LogP contribution in [0, 0.1) is 23.2 Å². The lowest BCUT2D eigenvalue weighted by atomic mass is 9.54. The highest BCUT2D eigenvalue weighted by molar-refractivity contribution is 4.99. The summed E-state index contributed by atoms with van der Waals surface area (Å²) in [7, 11) is 0. The van der Waals surface area contributed by atoms with Gasteiger partial charge in [-0.1, -0.05) is 41.5 Å². The minimum absolute atomic E-state index is 0.00694. The molecule has 0 saturated carbocycles. The summed E-state index contributed by atoms with van der Waals surface area (Å²) >= 11 is 0. The summed E-state index contributed by atoms with van der Waals surface area (Å²) in [5.74, 6) is 1.47. The first-order valence-corrected chi connectivity index (χ1v) is 5.80. The summed E-state index contributed by atoms with van der Waals surface area (Å²) < 4.78 is 0. The van der Waals surface area contributed by atoms with Crippen LogP contribution < -0.4 is 0 Å². The third-order valence-electron chi connectivity index (χ3n) is 3.93. The third kappa shape index (κ3) is 1.98. The fourth-order valence-corrected chi connectivity index (χ4v) is 4.12. The molecule has 14 heavy (non-hydrogen) atoms. The van der Waals surface area contributed by atoms with Gasteiger partial charge in [-0.15, -0.1) is 0 Å². The van der Waals surface area contributed by atoms with E-state index >= 15 is 0 Å². The molecule has 0 aromatic carbocycles. The van der Waals surface area contributed by atoms with Gasteiger partial charge in [0, 0.05) is 5.41 Å². The SMILES string of the molecule is CC(C)C(C(C)C)(C(C)C)C(C)(C)O. The summed E-state index contributed by atoms with van der Waals surface area (Å²) in [6.07, 6.45) is 0. The molecular weight excluding hydrogens is 172 g/mol. The molecule has 0 rings (SSSR count). The summed E-state index contributed by atoms with van der Waals surface area (Å²) in [6, 6.07) is 0. The van der Waals surface area contributed by atoms with Gasteiger partial charge in [0.25, 0.3) is 0 Å². The molecule has 1 heteroatoms. The van der Waals surface area contributed by atoms with Gasteiger partial charge in [0.1, 0.15) is 0 Å². The summed E-state index contributed by atoms with van der Waals surface area (Å²) in [5.41, 5.74) is -0.628. The van der Waals surface area contributed by atoms with Crippen LogP contribution in [0.5, 0.6) is 0 Å². The van der Waals surface area contributed by atoms with Crippen LogP contribution in [0.2, 0.25) is 0 Å². The predicted octanol–water partition coefficient (Wildman–Crippen LogP) is 3.71. The van der Waals surface area contributed by atoms with E-state index in [1.807, 2.05) is 13.8 Å². The van der Waals surface area contributed by atoms with Gasteiger partial charge in [0.05, 0.1) is 5.60 Å². The Morgan fingerprint density at radius 3 is 0.929 bits per heavy atom. The van der Waals surface area contributed by atoms with Crippen LogP contribution in [0.1, 0.15) is 55.4 Å². The number of hydrogen-bond acceptors (Lipinski definition) is 1. The first-order valence-electron chi connectivity index (χ1n) is 5.80. The standard InChI is InChI=1S/C13H28O/c1-9(2)13(10(3)4,11(5)6)12(7,8)14/h9-11,14H,1-8H3. The molecule has 0 bridgehead atoms. The largest absolute Gasteiger partial charge is 0.390 e. The molecule has 0 spiro atoms. The molecule has 0 unspecified atom stereocenters. The van der Waals surface area contributed by atoms with Crippen LogP contribution in [-0.2, 0) is 0 Å². The predicted molar refractivity (Wildman–Crippen MR) is 63.2 cm³/mol. The Labute approximate surface area is 89.9 Å². The molecule has 0 fully saturated rings. The maximum absolute atomic E-state index is 10.4. The minimum atomic E-state index is -0.622. The first-order chi connectivity index (χ1) is 6.08. The molecule has 0 aromatic rings. The van der Waals surface area contributed by atoms with Crippen LogP contribution in [-0.4, -0.2) is 10.7 Å². The van der Waals surface area contributed by atoms with Crippen molar-refractivity contribution in [1.82, 2.24) is 0 Å². The van der Waals surface area contributed by atoms with E-state index < -0.39 is 5.60 Å². The van der Waals surface area contributed by atoms with Crippen molar-refractivity contribution in [2.24, 2.45) is 23.2 Å². The highest BCUT2D eigenvalue weighted by atomic mass is 16.3. The highest BCUT2D eigenvalue weighted by Gasteiger charge is 2.50. The van der Waals surface area contributed by atoms with Crippen molar-refractivity contribution in [3.05, 3.63) is 0 Å². The number of aliphatic hydroxyl groups is 1. The molecule has 0 radical (unpaired) electrons. The van der Waals surface area contributed by atoms with Gasteiger partial charge in [-0.3, -0.25) is 0 Å². The Hall–Kier alpha value is -0.0400. The maximum atomic E-state index is 10.4. The van der Waals surface area contributed by atoms with Gasteiger partial charge >= 0.3 is 0 Å². The third-order valence-corrected chi connectivity index (χ3v) is 3.93. The monoisotopic (exact) mass is 200 g/mol. The van der Waals surface area contributed by atoms with Crippen molar-refractivity contribution in [2.45, 2.75) is 61.0 Å². The lowest BCUT2D eigenvalue weighted by molar-refractivity contribution is -0.140. The van der Waals surface area contributed by atoms with Crippen molar-refractivity contribution < 1.29 is 5.11 Å². The Balaban J connectivity index is 5.40. The summed E-state index contributed by atoms with van der Waals surface area (Å²) in [4.78, 5) is 0. The van der Waals surface area contributed by atoms with Crippen molar-refractivity contribution in [3.63, 3.8) is 0 Å². The van der Waals surface area contributed by atoms with Gasteiger partial charge < -0.3 is 5.11 Å². The van der Waals surface area contributed by atoms with E-state index in [0.29, 0.717) is 17.8 Å². The molecule has 0 heterocycles. The van der Waals surface area contributed by atoms with Gasteiger partial charge in [0.15, 0.2) is 0 Å². The van der Waals surface area contributed by atoms with Gasteiger partial charge in [0.2, 0.25) is 0 Å². The lowest BCUT2D eigenvalue weighted by Crippen LogP contribution is -2.54. The quantitative estimate of drug-likeness (QED) is 0.733. The molecule has 1 N–H and O–H groups in total. The van der Waals surface area contributed by atoms with Gasteiger partial charge in [-0.25, -0.2) is 0 Å². The van der Waals surface area contributed by atoms with E-state index in [1.54, 1.807) is 0 Å². The van der Waals surface area contributed by atoms with Crippen molar-refractivity contribution in [3.8, 4) is 0 Å². The van der Waals surface area contributed by atoms with E-state index in [1.165, 1.54) is 0 Å². The molecule has 0 aliphatic heterocycles. The molecule has 0 aliphatic carbocycles. The maximum Gasteiger partial charge on any atom is 0.0655 e. The van der Waals surface area contributed by atoms with Crippen molar-refractivity contribution in [1.29, 1.82) is 0 Å². The zero-order chi connectivity index (χ0) is 11.7. The normalized spacial score (nSPS) is 14.6.